The van der Waals surface area contributed by atoms with Crippen LogP contribution in [0.4, 0.5) is 0 Å². The van der Waals surface area contributed by atoms with Crippen molar-refractivity contribution in [2.45, 2.75) is 51.9 Å². The Kier molecular flexibility index (Phi) is 3.10. The molecular weight excluding hydrogens is 108 g/mol. The van der Waals surface area contributed by atoms with E-state index >= 15 is 0 Å². The van der Waals surface area contributed by atoms with Gasteiger partial charge in [-0.25, -0.2) is 0 Å². The molecule has 2 fully saturated rings. The van der Waals surface area contributed by atoms with Gasteiger partial charge in [0, 0.05) is 0 Å². The summed E-state index contributed by atoms with van der Waals surface area (Å²) in [5, 5.41) is 0. The molecule has 2 aliphatic rings. The third-order valence-electron chi connectivity index (χ3n) is 2.39. The summed E-state index contributed by atoms with van der Waals surface area (Å²) in [4.78, 5) is 0. The molecule has 0 atom stereocenters. The predicted molar refractivity (Wildman–Crippen MR) is 41.5 cm³/mol. The second kappa shape index (κ2) is 3.92. The third kappa shape index (κ3) is 2.88. The second-order valence-electron chi connectivity index (χ2n) is 3.45. The van der Waals surface area contributed by atoms with Crippen LogP contribution < -0.4 is 0 Å². The van der Waals surface area contributed by atoms with Gasteiger partial charge < -0.3 is 0 Å². The molecule has 0 aromatic rings. The largest absolute Gasteiger partial charge is 0.0625 e. The Hall–Kier alpha value is 0. The van der Waals surface area contributed by atoms with E-state index in [4.69, 9.17) is 0 Å². The van der Waals surface area contributed by atoms with Crippen LogP contribution in [0.1, 0.15) is 51.9 Å². The smallest absolute Gasteiger partial charge is 0.0443 e. The van der Waals surface area contributed by atoms with Crippen LogP contribution in [-0.4, -0.2) is 0 Å². The summed E-state index contributed by atoms with van der Waals surface area (Å²) in [6.07, 6.45) is 10.5. The Labute approximate surface area is 58.7 Å². The molecule has 0 spiro atoms. The van der Waals surface area contributed by atoms with Crippen LogP contribution in [0, 0.1) is 5.92 Å². The number of hydrogen-bond donors (Lipinski definition) is 0. The van der Waals surface area contributed by atoms with E-state index in [0.717, 1.165) is 5.92 Å². The predicted octanol–water partition coefficient (Wildman–Crippen LogP) is 3.37. The van der Waals surface area contributed by atoms with Crippen molar-refractivity contribution >= 4 is 0 Å². The minimum atomic E-state index is 1.06. The number of rotatable bonds is 0. The average Bonchev–Trinajstić information content (AvgIpc) is 1.56. The van der Waals surface area contributed by atoms with Crippen LogP contribution in [0.3, 0.4) is 0 Å². The molecule has 0 unspecified atom stereocenters. The van der Waals surface area contributed by atoms with E-state index in [1.54, 1.807) is 0 Å². The van der Waals surface area contributed by atoms with E-state index in [9.17, 15) is 0 Å². The maximum Gasteiger partial charge on any atom is -0.0443 e. The van der Waals surface area contributed by atoms with Gasteiger partial charge in [-0.3, -0.25) is 0 Å². The molecule has 54 valence electrons. The zero-order valence-electron chi connectivity index (χ0n) is 6.53. The van der Waals surface area contributed by atoms with Crippen LogP contribution in [0.2, 0.25) is 0 Å². The Morgan fingerprint density at radius 1 is 0.778 bits per heavy atom. The summed E-state index contributed by atoms with van der Waals surface area (Å²) in [7, 11) is 0. The van der Waals surface area contributed by atoms with Crippen molar-refractivity contribution in [3.63, 3.8) is 0 Å². The van der Waals surface area contributed by atoms with Gasteiger partial charge in [0.1, 0.15) is 0 Å². The number of hydrogen-bond acceptors (Lipinski definition) is 0. The molecule has 0 aromatic heterocycles. The fourth-order valence-electron chi connectivity index (χ4n) is 0.862. The van der Waals surface area contributed by atoms with Crippen LogP contribution in [0.5, 0.6) is 0 Å². The van der Waals surface area contributed by atoms with E-state index in [1.807, 2.05) is 0 Å². The minimum Gasteiger partial charge on any atom is -0.0625 e. The monoisotopic (exact) mass is 126 g/mol. The summed E-state index contributed by atoms with van der Waals surface area (Å²) in [5.41, 5.74) is 0. The highest BCUT2D eigenvalue weighted by atomic mass is 14.1. The van der Waals surface area contributed by atoms with Gasteiger partial charge in [0.2, 0.25) is 0 Å². The highest BCUT2D eigenvalue weighted by Crippen LogP contribution is 2.24. The first-order chi connectivity index (χ1) is 4.39. The van der Waals surface area contributed by atoms with Crippen LogP contribution in [0.15, 0.2) is 0 Å². The summed E-state index contributed by atoms with van der Waals surface area (Å²) >= 11 is 0. The second-order valence-corrected chi connectivity index (χ2v) is 3.45. The Balaban J connectivity index is 0.0000000922. The lowest BCUT2D eigenvalue weighted by atomic mass is 9.88. The topological polar surface area (TPSA) is 0 Å². The molecule has 9 heavy (non-hydrogen) atoms. The van der Waals surface area contributed by atoms with E-state index < -0.39 is 0 Å². The van der Waals surface area contributed by atoms with Crippen LogP contribution in [0.25, 0.3) is 0 Å². The van der Waals surface area contributed by atoms with Crippen molar-refractivity contribution in [3.05, 3.63) is 0 Å². The van der Waals surface area contributed by atoms with E-state index in [0.29, 0.717) is 0 Å². The minimum absolute atomic E-state index is 1.06. The maximum atomic E-state index is 2.31. The summed E-state index contributed by atoms with van der Waals surface area (Å²) in [6.45, 7) is 2.31. The fraction of sp³-hybridized carbons (Fsp3) is 1.00. The summed E-state index contributed by atoms with van der Waals surface area (Å²) < 4.78 is 0. The van der Waals surface area contributed by atoms with E-state index in [1.165, 1.54) is 44.9 Å². The zero-order chi connectivity index (χ0) is 6.53. The maximum absolute atomic E-state index is 2.31. The Bertz CT molecular complexity index is 54.4. The lowest BCUT2D eigenvalue weighted by Gasteiger charge is -2.18. The highest BCUT2D eigenvalue weighted by molar-refractivity contribution is 4.62. The molecule has 2 aliphatic carbocycles. The van der Waals surface area contributed by atoms with Crippen LogP contribution in [-0.2, 0) is 0 Å². The summed E-state index contributed by atoms with van der Waals surface area (Å²) in [5.74, 6) is 1.06. The normalized spacial score (nSPS) is 25.0. The van der Waals surface area contributed by atoms with Gasteiger partial charge in [-0.05, 0) is 5.92 Å². The Morgan fingerprint density at radius 3 is 1.11 bits per heavy atom. The lowest BCUT2D eigenvalue weighted by Crippen LogP contribution is -2.04. The van der Waals surface area contributed by atoms with Crippen LogP contribution >= 0.6 is 0 Å². The van der Waals surface area contributed by atoms with Gasteiger partial charge >= 0.3 is 0 Å². The van der Waals surface area contributed by atoms with Gasteiger partial charge in [-0.1, -0.05) is 51.9 Å². The standard InChI is InChI=1S/C5H10.C4H8/c1-5-3-2-4-5;1-2-4-3-1/h5H,2-4H2,1H3;1-4H2. The van der Waals surface area contributed by atoms with Gasteiger partial charge in [0.25, 0.3) is 0 Å². The Morgan fingerprint density at radius 2 is 1.11 bits per heavy atom. The van der Waals surface area contributed by atoms with Crippen molar-refractivity contribution in [3.8, 4) is 0 Å². The molecule has 0 heterocycles. The van der Waals surface area contributed by atoms with Crippen molar-refractivity contribution < 1.29 is 0 Å². The van der Waals surface area contributed by atoms with Gasteiger partial charge in [-0.15, -0.1) is 0 Å². The molecule has 0 N–H and O–H groups in total. The first-order valence-electron chi connectivity index (χ1n) is 4.39. The highest BCUT2D eigenvalue weighted by Gasteiger charge is 2.09. The van der Waals surface area contributed by atoms with Crippen molar-refractivity contribution in [1.29, 1.82) is 0 Å². The molecule has 0 aromatic carbocycles. The fourth-order valence-corrected chi connectivity index (χ4v) is 0.862. The molecule has 0 heteroatoms. The molecule has 2 saturated carbocycles. The quantitative estimate of drug-likeness (QED) is 0.467. The molecule has 0 nitrogen and oxygen atoms in total. The van der Waals surface area contributed by atoms with Crippen molar-refractivity contribution in [2.75, 3.05) is 0 Å². The molecule has 0 aliphatic heterocycles. The first kappa shape index (κ1) is 7.11. The molecule has 0 saturated heterocycles. The molecule has 0 radical (unpaired) electrons. The van der Waals surface area contributed by atoms with E-state index in [2.05, 4.69) is 6.92 Å². The third-order valence-corrected chi connectivity index (χ3v) is 2.39. The molecule has 2 rings (SSSR count). The first-order valence-corrected chi connectivity index (χ1v) is 4.39. The van der Waals surface area contributed by atoms with E-state index in [-0.39, 0.29) is 0 Å². The molecular formula is C9H18. The van der Waals surface area contributed by atoms with Crippen molar-refractivity contribution in [1.82, 2.24) is 0 Å². The molecule has 0 amide bonds. The lowest BCUT2D eigenvalue weighted by molar-refractivity contribution is 0.346. The molecule has 0 bridgehead atoms. The van der Waals surface area contributed by atoms with Gasteiger partial charge in [0.15, 0.2) is 0 Å². The average molecular weight is 126 g/mol. The van der Waals surface area contributed by atoms with Gasteiger partial charge in [0.05, 0.1) is 0 Å². The van der Waals surface area contributed by atoms with Gasteiger partial charge in [-0.2, -0.15) is 0 Å². The summed E-state index contributed by atoms with van der Waals surface area (Å²) in [6, 6.07) is 0. The van der Waals surface area contributed by atoms with Crippen molar-refractivity contribution in [2.24, 2.45) is 5.92 Å². The SMILES string of the molecule is C1CCC1.CC1CCC1. The zero-order valence-corrected chi connectivity index (χ0v) is 6.53.